The van der Waals surface area contributed by atoms with Crippen molar-refractivity contribution >= 4 is 5.91 Å². The van der Waals surface area contributed by atoms with Crippen molar-refractivity contribution in [3.63, 3.8) is 0 Å². The maximum Gasteiger partial charge on any atom is 0.234 e. The molecule has 3 atom stereocenters. The molecular weight excluding hydrogens is 182 g/mol. The van der Waals surface area contributed by atoms with Crippen molar-refractivity contribution in [3.05, 3.63) is 0 Å². The molecule has 14 heavy (non-hydrogen) atoms. The van der Waals surface area contributed by atoms with Crippen LogP contribution >= 0.6 is 0 Å². The van der Waals surface area contributed by atoms with Gasteiger partial charge in [0, 0.05) is 13.1 Å². The fourth-order valence-corrected chi connectivity index (χ4v) is 2.48. The minimum absolute atomic E-state index is 0.0648. The molecule has 2 rings (SSSR count). The number of rotatable bonds is 2. The summed E-state index contributed by atoms with van der Waals surface area (Å²) >= 11 is 0. The van der Waals surface area contributed by atoms with Crippen molar-refractivity contribution in [2.75, 3.05) is 19.6 Å². The molecular formula is C9H17N3O2. The number of nitrogens with one attached hydrogen (secondary N) is 1. The maximum atomic E-state index is 11.2. The van der Waals surface area contributed by atoms with Crippen LogP contribution in [0.4, 0.5) is 0 Å². The number of amides is 1. The highest BCUT2D eigenvalue weighted by Gasteiger charge is 2.39. The van der Waals surface area contributed by atoms with Crippen LogP contribution in [0.25, 0.3) is 0 Å². The summed E-state index contributed by atoms with van der Waals surface area (Å²) < 4.78 is 0. The molecule has 2 aliphatic heterocycles. The standard InChI is InChI=1S/C9H17N3O2/c10-9(14)6-2-1-3-12(6)7-4-11-5-8(7)13/h6-8,11,13H,1-5H2,(H2,10,14)/t6?,7-,8-/m1/s1. The third-order valence-corrected chi connectivity index (χ3v) is 3.20. The molecule has 0 aromatic rings. The SMILES string of the molecule is NC(=O)C1CCCN1[C@@H]1CNC[C@H]1O. The Hall–Kier alpha value is -0.650. The highest BCUT2D eigenvalue weighted by Crippen LogP contribution is 2.22. The van der Waals surface area contributed by atoms with E-state index in [-0.39, 0.29) is 24.1 Å². The Morgan fingerprint density at radius 3 is 2.86 bits per heavy atom. The molecule has 0 bridgehead atoms. The van der Waals surface area contributed by atoms with Gasteiger partial charge in [-0.3, -0.25) is 9.69 Å². The third-order valence-electron chi connectivity index (χ3n) is 3.20. The molecule has 0 spiro atoms. The van der Waals surface area contributed by atoms with Crippen LogP contribution in [-0.2, 0) is 4.79 Å². The first kappa shape index (κ1) is 9.89. The lowest BCUT2D eigenvalue weighted by Gasteiger charge is -2.29. The number of aliphatic hydroxyl groups excluding tert-OH is 1. The van der Waals surface area contributed by atoms with Crippen molar-refractivity contribution < 1.29 is 9.90 Å². The Bertz CT molecular complexity index is 234. The van der Waals surface area contributed by atoms with E-state index in [1.807, 2.05) is 4.90 Å². The lowest BCUT2D eigenvalue weighted by molar-refractivity contribution is -0.123. The summed E-state index contributed by atoms with van der Waals surface area (Å²) in [5.74, 6) is -0.262. The summed E-state index contributed by atoms with van der Waals surface area (Å²) in [5.41, 5.74) is 5.32. The average molecular weight is 199 g/mol. The zero-order chi connectivity index (χ0) is 10.1. The van der Waals surface area contributed by atoms with Gasteiger partial charge in [-0.1, -0.05) is 0 Å². The molecule has 80 valence electrons. The van der Waals surface area contributed by atoms with Gasteiger partial charge in [-0.2, -0.15) is 0 Å². The Labute approximate surface area is 83.3 Å². The van der Waals surface area contributed by atoms with Gasteiger partial charge in [0.1, 0.15) is 0 Å². The van der Waals surface area contributed by atoms with Crippen LogP contribution in [0, 0.1) is 0 Å². The first-order chi connectivity index (χ1) is 6.70. The van der Waals surface area contributed by atoms with Crippen LogP contribution in [-0.4, -0.2) is 53.7 Å². The quantitative estimate of drug-likeness (QED) is 0.494. The highest BCUT2D eigenvalue weighted by molar-refractivity contribution is 5.80. The van der Waals surface area contributed by atoms with E-state index in [2.05, 4.69) is 5.32 Å². The van der Waals surface area contributed by atoms with E-state index in [9.17, 15) is 9.90 Å². The molecule has 0 aliphatic carbocycles. The Morgan fingerprint density at radius 1 is 1.50 bits per heavy atom. The lowest BCUT2D eigenvalue weighted by Crippen LogP contribution is -2.50. The molecule has 4 N–H and O–H groups in total. The van der Waals surface area contributed by atoms with Crippen molar-refractivity contribution in [1.82, 2.24) is 10.2 Å². The predicted molar refractivity (Wildman–Crippen MR) is 51.6 cm³/mol. The van der Waals surface area contributed by atoms with E-state index in [1.165, 1.54) is 0 Å². The Kier molecular flexibility index (Phi) is 2.71. The largest absolute Gasteiger partial charge is 0.390 e. The zero-order valence-corrected chi connectivity index (χ0v) is 8.15. The van der Waals surface area contributed by atoms with E-state index in [0.717, 1.165) is 25.9 Å². The summed E-state index contributed by atoms with van der Waals surface area (Å²) in [6.07, 6.45) is 1.46. The van der Waals surface area contributed by atoms with Gasteiger partial charge < -0.3 is 16.2 Å². The van der Waals surface area contributed by atoms with Gasteiger partial charge in [-0.25, -0.2) is 0 Å². The number of likely N-dealkylation sites (tertiary alicyclic amines) is 1. The number of hydrogen-bond donors (Lipinski definition) is 3. The number of hydrogen-bond acceptors (Lipinski definition) is 4. The van der Waals surface area contributed by atoms with Gasteiger partial charge in [-0.15, -0.1) is 0 Å². The molecule has 0 saturated carbocycles. The van der Waals surface area contributed by atoms with E-state index >= 15 is 0 Å². The van der Waals surface area contributed by atoms with E-state index < -0.39 is 0 Å². The molecule has 2 heterocycles. The van der Waals surface area contributed by atoms with Crippen molar-refractivity contribution in [3.8, 4) is 0 Å². The molecule has 1 unspecified atom stereocenters. The lowest BCUT2D eigenvalue weighted by atomic mass is 10.1. The Morgan fingerprint density at radius 2 is 2.29 bits per heavy atom. The fraction of sp³-hybridized carbons (Fsp3) is 0.889. The number of primary amides is 1. The topological polar surface area (TPSA) is 78.6 Å². The molecule has 5 nitrogen and oxygen atoms in total. The van der Waals surface area contributed by atoms with Crippen molar-refractivity contribution in [1.29, 1.82) is 0 Å². The normalized spacial score (nSPS) is 39.1. The molecule has 2 aliphatic rings. The summed E-state index contributed by atoms with van der Waals surface area (Å²) in [4.78, 5) is 13.2. The third kappa shape index (κ3) is 1.63. The molecule has 0 aromatic heterocycles. The van der Waals surface area contributed by atoms with Crippen molar-refractivity contribution in [2.24, 2.45) is 5.73 Å². The minimum Gasteiger partial charge on any atom is -0.390 e. The molecule has 5 heteroatoms. The number of aliphatic hydroxyl groups is 1. The van der Waals surface area contributed by atoms with Gasteiger partial charge in [0.2, 0.25) is 5.91 Å². The highest BCUT2D eigenvalue weighted by atomic mass is 16.3. The molecule has 1 amide bonds. The van der Waals surface area contributed by atoms with Gasteiger partial charge in [0.05, 0.1) is 18.2 Å². The number of nitrogens with zero attached hydrogens (tertiary/aromatic N) is 1. The second-order valence-electron chi connectivity index (χ2n) is 4.09. The molecule has 2 saturated heterocycles. The predicted octanol–water partition coefficient (Wildman–Crippen LogP) is -1.73. The molecule has 0 radical (unpaired) electrons. The number of carbonyl (C=O) groups excluding carboxylic acids is 1. The van der Waals surface area contributed by atoms with Crippen LogP contribution in [0.3, 0.4) is 0 Å². The van der Waals surface area contributed by atoms with Gasteiger partial charge >= 0.3 is 0 Å². The minimum atomic E-state index is -0.366. The van der Waals surface area contributed by atoms with Crippen LogP contribution < -0.4 is 11.1 Å². The summed E-state index contributed by atoms with van der Waals surface area (Å²) in [6.45, 7) is 2.24. The smallest absolute Gasteiger partial charge is 0.234 e. The van der Waals surface area contributed by atoms with E-state index in [1.54, 1.807) is 0 Å². The summed E-state index contributed by atoms with van der Waals surface area (Å²) in [7, 11) is 0. The van der Waals surface area contributed by atoms with Crippen molar-refractivity contribution in [2.45, 2.75) is 31.0 Å². The van der Waals surface area contributed by atoms with Crippen LogP contribution in [0.1, 0.15) is 12.8 Å². The molecule has 0 aromatic carbocycles. The Balaban J connectivity index is 2.05. The summed E-state index contributed by atoms with van der Waals surface area (Å²) in [6, 6.07) is -0.107. The monoisotopic (exact) mass is 199 g/mol. The fourth-order valence-electron chi connectivity index (χ4n) is 2.48. The van der Waals surface area contributed by atoms with Crippen LogP contribution in [0.2, 0.25) is 0 Å². The maximum absolute atomic E-state index is 11.2. The first-order valence-electron chi connectivity index (χ1n) is 5.14. The number of β-amino-alcohol motifs (C(OH)–C–C–N with tert-alkyl or cyclic N) is 1. The average Bonchev–Trinajstić information content (AvgIpc) is 2.70. The molecule has 2 fully saturated rings. The van der Waals surface area contributed by atoms with E-state index in [0.29, 0.717) is 6.54 Å². The zero-order valence-electron chi connectivity index (χ0n) is 8.15. The first-order valence-corrected chi connectivity index (χ1v) is 5.14. The van der Waals surface area contributed by atoms with Gasteiger partial charge in [0.25, 0.3) is 0 Å². The second kappa shape index (κ2) is 3.84. The van der Waals surface area contributed by atoms with Crippen LogP contribution in [0.15, 0.2) is 0 Å². The van der Waals surface area contributed by atoms with Gasteiger partial charge in [-0.05, 0) is 19.4 Å². The summed E-state index contributed by atoms with van der Waals surface area (Å²) in [5, 5.41) is 12.8. The number of carbonyl (C=O) groups is 1. The second-order valence-corrected chi connectivity index (χ2v) is 4.09. The van der Waals surface area contributed by atoms with Gasteiger partial charge in [0.15, 0.2) is 0 Å². The van der Waals surface area contributed by atoms with Crippen LogP contribution in [0.5, 0.6) is 0 Å². The van der Waals surface area contributed by atoms with E-state index in [4.69, 9.17) is 5.73 Å². The number of nitrogens with two attached hydrogens (primary N) is 1.